The van der Waals surface area contributed by atoms with Gasteiger partial charge in [0.1, 0.15) is 0 Å². The Morgan fingerprint density at radius 2 is 0.293 bits per heavy atom. The number of benzene rings is 9. The van der Waals surface area contributed by atoms with Crippen molar-refractivity contribution in [3.63, 3.8) is 0 Å². The van der Waals surface area contributed by atoms with Crippen molar-refractivity contribution in [1.82, 2.24) is 0 Å². The summed E-state index contributed by atoms with van der Waals surface area (Å²) in [4.78, 5) is 9.36. The van der Waals surface area contributed by atoms with Crippen LogP contribution in [-0.2, 0) is 0 Å². The molecule has 9 rings (SSSR count). The van der Waals surface area contributed by atoms with Crippen molar-refractivity contribution in [1.29, 1.82) is 0 Å². The minimum absolute atomic E-state index is 1.01. The number of hydrogen-bond acceptors (Lipinski definition) is 4. The molecule has 4 nitrogen and oxygen atoms in total. The van der Waals surface area contributed by atoms with Crippen LogP contribution in [0.25, 0.3) is 0 Å². The first-order valence-corrected chi connectivity index (χ1v) is 19.6. The third-order valence-electron chi connectivity index (χ3n) is 10.1. The summed E-state index contributed by atoms with van der Waals surface area (Å²) in [6.07, 6.45) is 0. The summed E-state index contributed by atoms with van der Waals surface area (Å²) in [7, 11) is 0. The molecule has 0 atom stereocenters. The fourth-order valence-corrected chi connectivity index (χ4v) is 7.57. The molecule has 0 unspecified atom stereocenters. The van der Waals surface area contributed by atoms with Crippen LogP contribution in [0, 0.1) is 0 Å². The maximum Gasteiger partial charge on any atom is 0.0503 e. The Balaban J connectivity index is 1.30. The third kappa shape index (κ3) is 7.68. The van der Waals surface area contributed by atoms with Gasteiger partial charge in [-0.05, 0) is 121 Å². The average Bonchev–Trinajstić information content (AvgIpc) is 3.30. The maximum absolute atomic E-state index is 2.37. The normalized spacial score (nSPS) is 10.8. The van der Waals surface area contributed by atoms with Gasteiger partial charge >= 0.3 is 0 Å². The Bertz CT molecular complexity index is 2440. The molecule has 278 valence electrons. The second-order valence-electron chi connectivity index (χ2n) is 13.9. The molecule has 9 aromatic rings. The van der Waals surface area contributed by atoms with E-state index in [1.807, 2.05) is 0 Å². The Morgan fingerprint density at radius 1 is 0.138 bits per heavy atom. The van der Waals surface area contributed by atoms with Gasteiger partial charge in [0.25, 0.3) is 0 Å². The highest BCUT2D eigenvalue weighted by Gasteiger charge is 2.23. The van der Waals surface area contributed by atoms with Gasteiger partial charge in [-0.2, -0.15) is 0 Å². The summed E-state index contributed by atoms with van der Waals surface area (Å²) in [6, 6.07) is 90.0. The Morgan fingerprint density at radius 3 is 0.517 bits per heavy atom. The van der Waals surface area contributed by atoms with Gasteiger partial charge in [-0.15, -0.1) is 0 Å². The van der Waals surface area contributed by atoms with E-state index >= 15 is 0 Å². The molecule has 0 saturated heterocycles. The van der Waals surface area contributed by atoms with Gasteiger partial charge in [0.05, 0.1) is 17.1 Å². The van der Waals surface area contributed by atoms with E-state index in [0.29, 0.717) is 0 Å². The van der Waals surface area contributed by atoms with E-state index in [-0.39, 0.29) is 0 Å². The summed E-state index contributed by atoms with van der Waals surface area (Å²) in [5.41, 5.74) is 12.6. The van der Waals surface area contributed by atoms with Gasteiger partial charge < -0.3 is 19.6 Å². The van der Waals surface area contributed by atoms with Crippen LogP contribution in [0.3, 0.4) is 0 Å². The standard InChI is InChI=1S/C54H42N4/c1-8-23-43(24-9-1)55(44-25-10-2-11-26-44)50-37-22-38-51(39-50)58(49-35-20-7-21-36-49)54-41-52(56(45-27-12-3-13-28-45)46-29-14-4-15-30-46)40-53(42-54)57(47-31-16-5-17-32-47)48-33-18-6-19-34-48/h1-42H. The van der Waals surface area contributed by atoms with Crippen molar-refractivity contribution < 1.29 is 0 Å². The van der Waals surface area contributed by atoms with Crippen molar-refractivity contribution >= 4 is 68.2 Å². The van der Waals surface area contributed by atoms with E-state index in [0.717, 1.165) is 68.2 Å². The van der Waals surface area contributed by atoms with Gasteiger partial charge in [-0.3, -0.25) is 0 Å². The quantitative estimate of drug-likeness (QED) is 0.123. The number of para-hydroxylation sites is 7. The molecule has 0 amide bonds. The van der Waals surface area contributed by atoms with Crippen molar-refractivity contribution in [2.45, 2.75) is 0 Å². The molecule has 0 fully saturated rings. The maximum atomic E-state index is 2.37. The molecule has 0 bridgehead atoms. The zero-order valence-electron chi connectivity index (χ0n) is 32.0. The molecule has 58 heavy (non-hydrogen) atoms. The average molecular weight is 747 g/mol. The van der Waals surface area contributed by atoms with Crippen molar-refractivity contribution in [2.24, 2.45) is 0 Å². The van der Waals surface area contributed by atoms with Gasteiger partial charge in [0.15, 0.2) is 0 Å². The summed E-state index contributed by atoms with van der Waals surface area (Å²) in [6.45, 7) is 0. The topological polar surface area (TPSA) is 13.0 Å². The lowest BCUT2D eigenvalue weighted by Crippen LogP contribution is -2.16. The Labute approximate surface area is 341 Å². The predicted octanol–water partition coefficient (Wildman–Crippen LogP) is 15.6. The molecule has 0 aliphatic carbocycles. The monoisotopic (exact) mass is 746 g/mol. The number of anilines is 12. The SMILES string of the molecule is c1ccc(N(c2ccccc2)c2cccc(N(c3ccccc3)c3cc(N(c4ccccc4)c4ccccc4)cc(N(c4ccccc4)c4ccccc4)c3)c2)cc1. The van der Waals surface area contributed by atoms with E-state index in [2.05, 4.69) is 274 Å². The zero-order chi connectivity index (χ0) is 38.9. The number of rotatable bonds is 12. The zero-order valence-corrected chi connectivity index (χ0v) is 32.0. The highest BCUT2D eigenvalue weighted by molar-refractivity contribution is 5.90. The molecule has 0 radical (unpaired) electrons. The first-order valence-electron chi connectivity index (χ1n) is 19.6. The first-order chi connectivity index (χ1) is 28.8. The van der Waals surface area contributed by atoms with Crippen LogP contribution in [0.4, 0.5) is 68.2 Å². The molecule has 0 aliphatic rings. The summed E-state index contributed by atoms with van der Waals surface area (Å²) in [5, 5.41) is 0. The molecule has 0 saturated carbocycles. The summed E-state index contributed by atoms with van der Waals surface area (Å²) >= 11 is 0. The van der Waals surface area contributed by atoms with Crippen molar-refractivity contribution in [3.8, 4) is 0 Å². The lowest BCUT2D eigenvalue weighted by atomic mass is 10.1. The predicted molar refractivity (Wildman–Crippen MR) is 245 cm³/mol. The molecular weight excluding hydrogens is 705 g/mol. The molecule has 9 aromatic carbocycles. The molecule has 0 N–H and O–H groups in total. The van der Waals surface area contributed by atoms with Gasteiger partial charge in [0, 0.05) is 51.2 Å². The molecule has 0 aromatic heterocycles. The number of hydrogen-bond donors (Lipinski definition) is 0. The Kier molecular flexibility index (Phi) is 10.5. The molecule has 0 spiro atoms. The second kappa shape index (κ2) is 16.9. The van der Waals surface area contributed by atoms with Crippen LogP contribution in [0.2, 0.25) is 0 Å². The van der Waals surface area contributed by atoms with Crippen LogP contribution >= 0.6 is 0 Å². The van der Waals surface area contributed by atoms with Gasteiger partial charge in [-0.25, -0.2) is 0 Å². The van der Waals surface area contributed by atoms with E-state index in [1.54, 1.807) is 0 Å². The van der Waals surface area contributed by atoms with Crippen LogP contribution < -0.4 is 19.6 Å². The third-order valence-corrected chi connectivity index (χ3v) is 10.1. The summed E-state index contributed by atoms with van der Waals surface area (Å²) in [5.74, 6) is 0. The van der Waals surface area contributed by atoms with Crippen LogP contribution in [-0.4, -0.2) is 0 Å². The summed E-state index contributed by atoms with van der Waals surface area (Å²) < 4.78 is 0. The number of nitrogens with zero attached hydrogens (tertiary/aromatic N) is 4. The molecular formula is C54H42N4. The van der Waals surface area contributed by atoms with E-state index < -0.39 is 0 Å². The first kappa shape index (κ1) is 35.9. The minimum Gasteiger partial charge on any atom is -0.310 e. The molecule has 0 heterocycles. The smallest absolute Gasteiger partial charge is 0.0503 e. The minimum atomic E-state index is 1.01. The van der Waals surface area contributed by atoms with Crippen molar-refractivity contribution in [2.75, 3.05) is 19.6 Å². The lowest BCUT2D eigenvalue weighted by molar-refractivity contribution is 1.22. The van der Waals surface area contributed by atoms with Crippen molar-refractivity contribution in [3.05, 3.63) is 255 Å². The van der Waals surface area contributed by atoms with Gasteiger partial charge in [-0.1, -0.05) is 133 Å². The fraction of sp³-hybridized carbons (Fsp3) is 0. The Hall–Kier alpha value is -7.82. The van der Waals surface area contributed by atoms with E-state index in [4.69, 9.17) is 0 Å². The fourth-order valence-electron chi connectivity index (χ4n) is 7.57. The highest BCUT2D eigenvalue weighted by Crippen LogP contribution is 2.46. The van der Waals surface area contributed by atoms with Crippen LogP contribution in [0.5, 0.6) is 0 Å². The van der Waals surface area contributed by atoms with E-state index in [1.165, 1.54) is 0 Å². The van der Waals surface area contributed by atoms with Crippen LogP contribution in [0.15, 0.2) is 255 Å². The largest absolute Gasteiger partial charge is 0.310 e. The highest BCUT2D eigenvalue weighted by atomic mass is 15.2. The van der Waals surface area contributed by atoms with Gasteiger partial charge in [0.2, 0.25) is 0 Å². The molecule has 0 aliphatic heterocycles. The van der Waals surface area contributed by atoms with Crippen LogP contribution in [0.1, 0.15) is 0 Å². The lowest BCUT2D eigenvalue weighted by Gasteiger charge is -2.33. The van der Waals surface area contributed by atoms with E-state index in [9.17, 15) is 0 Å². The second-order valence-corrected chi connectivity index (χ2v) is 13.9. The molecule has 4 heteroatoms.